The fourth-order valence-electron chi connectivity index (χ4n) is 0.996. The van der Waals surface area contributed by atoms with Gasteiger partial charge in [-0.05, 0) is 11.3 Å². The van der Waals surface area contributed by atoms with E-state index in [2.05, 4.69) is 5.18 Å². The van der Waals surface area contributed by atoms with Crippen LogP contribution in [-0.2, 0) is 4.79 Å². The fourth-order valence-corrected chi connectivity index (χ4v) is 0.996. The summed E-state index contributed by atoms with van der Waals surface area (Å²) < 4.78 is 0. The Labute approximate surface area is 72.8 Å². The molecule has 0 radical (unpaired) electrons. The highest BCUT2D eigenvalue weighted by Gasteiger charge is 2.25. The predicted molar refractivity (Wildman–Crippen MR) is 41.8 cm³/mol. The maximum Gasteiger partial charge on any atom is 0.331 e. The smallest absolute Gasteiger partial charge is 0.331 e. The molecule has 6 nitrogen and oxygen atoms in total. The summed E-state index contributed by atoms with van der Waals surface area (Å²) in [5.41, 5.74) is -0.587. The van der Waals surface area contributed by atoms with Crippen LogP contribution < -0.4 is 0 Å². The number of carboxylic acid groups (broad SMARTS) is 1. The van der Waals surface area contributed by atoms with Crippen LogP contribution in [0, 0.1) is 4.91 Å². The lowest BCUT2D eigenvalue weighted by molar-refractivity contribution is -0.133. The second-order valence-electron chi connectivity index (χ2n) is 2.56. The zero-order chi connectivity index (χ0) is 10.0. The van der Waals surface area contributed by atoms with E-state index in [4.69, 9.17) is 15.3 Å². The lowest BCUT2D eigenvalue weighted by Gasteiger charge is -2.15. The summed E-state index contributed by atoms with van der Waals surface area (Å²) in [4.78, 5) is 20.5. The minimum Gasteiger partial charge on any atom is -0.507 e. The zero-order valence-electron chi connectivity index (χ0n) is 6.47. The maximum atomic E-state index is 10.4. The first kappa shape index (κ1) is 9.40. The van der Waals surface area contributed by atoms with Crippen LogP contribution in [0.15, 0.2) is 28.3 Å². The van der Waals surface area contributed by atoms with Crippen molar-refractivity contribution in [2.24, 2.45) is 5.18 Å². The number of carbonyl (C=O) groups is 1. The standard InChI is InChI=1S/C7H7NO5/c9-5-2-3(7(11)12)1-4(8-13)6(5)10/h1,5,9-10H,2H2,(H,11,12). The van der Waals surface area contributed by atoms with Crippen LogP contribution in [-0.4, -0.2) is 27.4 Å². The molecule has 1 rings (SSSR count). The zero-order valence-corrected chi connectivity index (χ0v) is 6.47. The van der Waals surface area contributed by atoms with Gasteiger partial charge < -0.3 is 15.3 Å². The Hall–Kier alpha value is -1.69. The molecule has 0 aromatic heterocycles. The fraction of sp³-hybridized carbons (Fsp3) is 0.286. The molecule has 1 aliphatic carbocycles. The van der Waals surface area contributed by atoms with Crippen LogP contribution in [0.25, 0.3) is 0 Å². The van der Waals surface area contributed by atoms with Crippen molar-refractivity contribution in [1.29, 1.82) is 0 Å². The highest BCUT2D eigenvalue weighted by Crippen LogP contribution is 2.23. The molecule has 0 aromatic carbocycles. The molecule has 0 fully saturated rings. The largest absolute Gasteiger partial charge is 0.507 e. The van der Waals surface area contributed by atoms with E-state index in [1.54, 1.807) is 0 Å². The van der Waals surface area contributed by atoms with Crippen molar-refractivity contribution in [3.8, 4) is 0 Å². The molecule has 0 saturated heterocycles. The summed E-state index contributed by atoms with van der Waals surface area (Å²) >= 11 is 0. The molecule has 0 amide bonds. The Balaban J connectivity index is 3.08. The SMILES string of the molecule is O=NC1=C(O)C(O)CC(C(=O)O)=C1. The molecular formula is C7H7NO5. The molecule has 0 aliphatic heterocycles. The van der Waals surface area contributed by atoms with Gasteiger partial charge in [0, 0.05) is 12.0 Å². The lowest BCUT2D eigenvalue weighted by Crippen LogP contribution is -2.19. The minimum atomic E-state index is -1.36. The first-order valence-electron chi connectivity index (χ1n) is 3.44. The molecular weight excluding hydrogens is 178 g/mol. The van der Waals surface area contributed by atoms with Gasteiger partial charge in [0.15, 0.2) is 5.76 Å². The van der Waals surface area contributed by atoms with E-state index < -0.39 is 23.5 Å². The third-order valence-electron chi connectivity index (χ3n) is 1.68. The monoisotopic (exact) mass is 185 g/mol. The Morgan fingerprint density at radius 3 is 2.69 bits per heavy atom. The van der Waals surface area contributed by atoms with E-state index in [0.717, 1.165) is 6.08 Å². The lowest BCUT2D eigenvalue weighted by atomic mass is 9.99. The van der Waals surface area contributed by atoms with E-state index in [0.29, 0.717) is 0 Å². The van der Waals surface area contributed by atoms with E-state index >= 15 is 0 Å². The van der Waals surface area contributed by atoms with Gasteiger partial charge in [0.1, 0.15) is 11.8 Å². The van der Waals surface area contributed by atoms with E-state index in [1.165, 1.54) is 0 Å². The van der Waals surface area contributed by atoms with Crippen LogP contribution in [0.4, 0.5) is 0 Å². The van der Waals surface area contributed by atoms with Gasteiger partial charge in [0.05, 0.1) is 0 Å². The van der Waals surface area contributed by atoms with Gasteiger partial charge in [0.25, 0.3) is 0 Å². The van der Waals surface area contributed by atoms with E-state index in [1.807, 2.05) is 0 Å². The summed E-state index contributed by atoms with van der Waals surface area (Å²) in [6.07, 6.45) is -0.638. The quantitative estimate of drug-likeness (QED) is 0.536. The number of allylic oxidation sites excluding steroid dienone is 1. The number of carboxylic acids is 1. The van der Waals surface area contributed by atoms with Crippen molar-refractivity contribution in [2.45, 2.75) is 12.5 Å². The van der Waals surface area contributed by atoms with Gasteiger partial charge >= 0.3 is 5.97 Å². The number of aliphatic carboxylic acids is 1. The molecule has 0 spiro atoms. The number of hydrogen-bond donors (Lipinski definition) is 3. The molecule has 0 bridgehead atoms. The second-order valence-corrected chi connectivity index (χ2v) is 2.56. The Morgan fingerprint density at radius 1 is 1.62 bits per heavy atom. The highest BCUT2D eigenvalue weighted by molar-refractivity contribution is 5.87. The van der Waals surface area contributed by atoms with Crippen molar-refractivity contribution < 1.29 is 20.1 Å². The summed E-state index contributed by atoms with van der Waals surface area (Å²) in [7, 11) is 0. The topological polar surface area (TPSA) is 107 Å². The third-order valence-corrected chi connectivity index (χ3v) is 1.68. The van der Waals surface area contributed by atoms with Gasteiger partial charge in [-0.2, -0.15) is 0 Å². The van der Waals surface area contributed by atoms with Gasteiger partial charge in [-0.25, -0.2) is 4.79 Å². The van der Waals surface area contributed by atoms with Crippen molar-refractivity contribution in [2.75, 3.05) is 0 Å². The molecule has 1 aliphatic rings. The molecule has 3 N–H and O–H groups in total. The molecule has 13 heavy (non-hydrogen) atoms. The summed E-state index contributed by atoms with van der Waals surface area (Å²) in [6.45, 7) is 0. The van der Waals surface area contributed by atoms with Crippen molar-refractivity contribution in [1.82, 2.24) is 0 Å². The molecule has 6 heteroatoms. The first-order valence-corrected chi connectivity index (χ1v) is 3.44. The van der Waals surface area contributed by atoms with Crippen molar-refractivity contribution in [3.05, 3.63) is 28.0 Å². The number of nitroso groups, excluding NO2 is 1. The predicted octanol–water partition coefficient (Wildman–Crippen LogP) is 0.298. The minimum absolute atomic E-state index is 0.153. The van der Waals surface area contributed by atoms with Crippen molar-refractivity contribution in [3.63, 3.8) is 0 Å². The van der Waals surface area contributed by atoms with Crippen LogP contribution in [0.3, 0.4) is 0 Å². The maximum absolute atomic E-state index is 10.4. The Morgan fingerprint density at radius 2 is 2.23 bits per heavy atom. The average molecular weight is 185 g/mol. The number of nitrogens with zero attached hydrogens (tertiary/aromatic N) is 1. The van der Waals surface area contributed by atoms with Crippen LogP contribution in [0.5, 0.6) is 0 Å². The Bertz CT molecular complexity index is 317. The van der Waals surface area contributed by atoms with Gasteiger partial charge in [0.2, 0.25) is 0 Å². The highest BCUT2D eigenvalue weighted by atomic mass is 16.4. The van der Waals surface area contributed by atoms with E-state index in [-0.39, 0.29) is 12.0 Å². The number of aliphatic hydroxyl groups is 2. The van der Waals surface area contributed by atoms with Crippen LogP contribution >= 0.6 is 0 Å². The van der Waals surface area contributed by atoms with Gasteiger partial charge in [-0.15, -0.1) is 4.91 Å². The summed E-state index contributed by atoms with van der Waals surface area (Å²) in [6, 6.07) is 0. The van der Waals surface area contributed by atoms with Crippen LogP contribution in [0.1, 0.15) is 6.42 Å². The molecule has 70 valence electrons. The van der Waals surface area contributed by atoms with Gasteiger partial charge in [-0.1, -0.05) is 0 Å². The molecule has 1 atom stereocenters. The van der Waals surface area contributed by atoms with Crippen LogP contribution in [0.2, 0.25) is 0 Å². The third kappa shape index (κ3) is 1.73. The average Bonchev–Trinajstić information content (AvgIpc) is 2.09. The summed E-state index contributed by atoms with van der Waals surface area (Å²) in [5.74, 6) is -1.83. The van der Waals surface area contributed by atoms with E-state index in [9.17, 15) is 9.70 Å². The normalized spacial score (nSPS) is 22.5. The molecule has 0 saturated carbocycles. The Kier molecular flexibility index (Phi) is 2.43. The molecule has 1 unspecified atom stereocenters. The second kappa shape index (κ2) is 3.36. The number of rotatable bonds is 2. The number of aliphatic hydroxyl groups excluding tert-OH is 2. The van der Waals surface area contributed by atoms with Crippen molar-refractivity contribution >= 4 is 5.97 Å². The number of hydrogen-bond acceptors (Lipinski definition) is 5. The van der Waals surface area contributed by atoms with Gasteiger partial charge in [-0.3, -0.25) is 0 Å². The molecule has 0 aromatic rings. The molecule has 0 heterocycles. The first-order chi connectivity index (χ1) is 6.06. The summed E-state index contributed by atoms with van der Waals surface area (Å²) in [5, 5.41) is 29.0.